The Balaban J connectivity index is 0.676. The lowest BCUT2D eigenvalue weighted by atomic mass is 9.95. The zero-order chi connectivity index (χ0) is 46.4. The first-order valence-electron chi connectivity index (χ1n) is 22.3. The average Bonchev–Trinajstić information content (AvgIpc) is 3.88. The number of nitrogens with zero attached hydrogens (tertiary/aromatic N) is 7. The molecule has 4 N–H and O–H groups in total. The number of aromatic nitrogens is 5. The van der Waals surface area contributed by atoms with Crippen molar-refractivity contribution in [2.45, 2.75) is 77.0 Å². The third kappa shape index (κ3) is 10.3. The smallest absolute Gasteiger partial charge is 0.255 e. The molecule has 4 aromatic carbocycles. The van der Waals surface area contributed by atoms with Crippen molar-refractivity contribution in [3.63, 3.8) is 0 Å². The van der Waals surface area contributed by atoms with Gasteiger partial charge >= 0.3 is 0 Å². The lowest BCUT2D eigenvalue weighted by molar-refractivity contribution is -0.137. The van der Waals surface area contributed by atoms with Gasteiger partial charge in [-0.15, -0.1) is 5.10 Å². The van der Waals surface area contributed by atoms with E-state index in [-0.39, 0.29) is 48.5 Å². The van der Waals surface area contributed by atoms with Gasteiger partial charge in [-0.2, -0.15) is 0 Å². The molecule has 9 rings (SSSR count). The zero-order valence-electron chi connectivity index (χ0n) is 36.3. The Kier molecular flexibility index (Phi) is 13.5. The maximum atomic E-state index is 14.9. The number of aliphatic imine (C=N–C) groups is 1. The van der Waals surface area contributed by atoms with Crippen LogP contribution in [-0.2, 0) is 34.0 Å². The van der Waals surface area contributed by atoms with Crippen molar-refractivity contribution >= 4 is 58.3 Å². The van der Waals surface area contributed by atoms with Crippen molar-refractivity contribution in [2.75, 3.05) is 23.7 Å². The number of carbonyl (C=O) groups is 4. The minimum absolute atomic E-state index is 0.0818. The van der Waals surface area contributed by atoms with Crippen LogP contribution in [0.4, 0.5) is 26.1 Å². The Morgan fingerprint density at radius 3 is 2.45 bits per heavy atom. The van der Waals surface area contributed by atoms with Crippen LogP contribution in [0.5, 0.6) is 0 Å². The number of imide groups is 1. The van der Waals surface area contributed by atoms with Gasteiger partial charge in [0, 0.05) is 76.3 Å². The number of unbranched alkanes of at least 4 members (excludes halogenated alkanes) is 4. The van der Waals surface area contributed by atoms with E-state index in [4.69, 9.17) is 16.6 Å². The second-order valence-corrected chi connectivity index (χ2v) is 17.1. The number of nitrogens with one attached hydrogen (secondary N) is 4. The third-order valence-corrected chi connectivity index (χ3v) is 12.3. The van der Waals surface area contributed by atoms with Gasteiger partial charge in [0.05, 0.1) is 36.3 Å². The van der Waals surface area contributed by atoms with E-state index in [1.54, 1.807) is 42.6 Å². The van der Waals surface area contributed by atoms with Crippen LogP contribution in [0.25, 0.3) is 22.5 Å². The van der Waals surface area contributed by atoms with E-state index in [0.29, 0.717) is 64.0 Å². The van der Waals surface area contributed by atoms with E-state index in [0.717, 1.165) is 67.7 Å². The van der Waals surface area contributed by atoms with Crippen LogP contribution in [0.1, 0.15) is 84.0 Å². The van der Waals surface area contributed by atoms with Crippen LogP contribution in [0, 0.1) is 11.6 Å². The monoisotopic (exact) mass is 925 g/mol. The number of anilines is 3. The van der Waals surface area contributed by atoms with Crippen molar-refractivity contribution in [3.8, 4) is 22.5 Å². The van der Waals surface area contributed by atoms with Gasteiger partial charge in [-0.1, -0.05) is 60.3 Å². The minimum Gasteiger partial charge on any atom is -0.326 e. The fourth-order valence-corrected chi connectivity index (χ4v) is 8.75. The summed E-state index contributed by atoms with van der Waals surface area (Å²) >= 11 is 6.37. The molecular weight excluding hydrogens is 880 g/mol. The minimum atomic E-state index is -0.719. The summed E-state index contributed by atoms with van der Waals surface area (Å²) in [6.07, 6.45) is 9.28. The van der Waals surface area contributed by atoms with E-state index in [1.165, 1.54) is 23.1 Å². The standard InChI is InChI=1S/C49H46ClF2N11O4/c50-32-12-16-36-37(24-32)46(44-38(51)7-6-8-39(44)52)54-25-31-26-55-49(59-45(31)36)57-33-13-10-29(11-14-33)40-28-62(61-60-40)22-21-53-20-5-3-1-2-4-9-42(64)56-34-15-17-35-30(23-34)27-63(48(35)67)41-18-19-43(65)58-47(41)66/h6-8,10-17,23-24,26,28,41,53H,1-5,9,18-22,25,27H2,(H,56,64)(H,55,57,59)(H,58,65,66). The van der Waals surface area contributed by atoms with Gasteiger partial charge in [-0.25, -0.2) is 18.7 Å². The first-order chi connectivity index (χ1) is 32.6. The van der Waals surface area contributed by atoms with Gasteiger partial charge in [0.1, 0.15) is 23.4 Å². The van der Waals surface area contributed by atoms with E-state index < -0.39 is 23.6 Å². The molecular formula is C49H46ClF2N11O4. The normalized spacial score (nSPS) is 15.3. The molecule has 5 heterocycles. The topological polar surface area (TPSA) is 188 Å². The van der Waals surface area contributed by atoms with Gasteiger partial charge in [-0.05, 0) is 86.0 Å². The Morgan fingerprint density at radius 2 is 1.63 bits per heavy atom. The summed E-state index contributed by atoms with van der Waals surface area (Å²) in [7, 11) is 0. The quantitative estimate of drug-likeness (QED) is 0.0520. The molecule has 6 aromatic rings. The molecule has 0 bridgehead atoms. The van der Waals surface area contributed by atoms with E-state index in [1.807, 2.05) is 35.1 Å². The number of fused-ring (bicyclic) bond motifs is 4. The largest absolute Gasteiger partial charge is 0.326 e. The molecule has 15 nitrogen and oxygen atoms in total. The van der Waals surface area contributed by atoms with Crippen molar-refractivity contribution < 1.29 is 28.0 Å². The summed E-state index contributed by atoms with van der Waals surface area (Å²) in [5.74, 6) is -2.20. The van der Waals surface area contributed by atoms with Crippen molar-refractivity contribution in [1.82, 2.24) is 40.5 Å². The zero-order valence-corrected chi connectivity index (χ0v) is 37.1. The second-order valence-electron chi connectivity index (χ2n) is 16.7. The number of piperidine rings is 1. The first kappa shape index (κ1) is 44.9. The SMILES string of the molecule is O=C1CCC(N2Cc3cc(NC(=O)CCCCCCCNCCn4cc(-c5ccc(Nc6ncc7c(n6)-c6ccc(Cl)cc6C(c6c(F)cccc6F)=NC7)cc5)nn4)ccc3C2=O)C(=O)N1. The molecule has 0 radical (unpaired) electrons. The van der Waals surface area contributed by atoms with Gasteiger partial charge in [0.2, 0.25) is 23.7 Å². The molecule has 0 saturated carbocycles. The van der Waals surface area contributed by atoms with Crippen LogP contribution in [-0.4, -0.2) is 78.3 Å². The molecule has 1 atom stereocenters. The van der Waals surface area contributed by atoms with Crippen molar-refractivity contribution in [3.05, 3.63) is 136 Å². The highest BCUT2D eigenvalue weighted by atomic mass is 35.5. The van der Waals surface area contributed by atoms with Crippen LogP contribution in [0.3, 0.4) is 0 Å². The first-order valence-corrected chi connectivity index (χ1v) is 22.7. The summed E-state index contributed by atoms with van der Waals surface area (Å²) in [6.45, 7) is 2.65. The van der Waals surface area contributed by atoms with Crippen LogP contribution in [0.15, 0.2) is 96.2 Å². The Bertz CT molecular complexity index is 2890. The predicted molar refractivity (Wildman–Crippen MR) is 249 cm³/mol. The number of benzene rings is 4. The molecule has 4 amide bonds. The van der Waals surface area contributed by atoms with Crippen LogP contribution >= 0.6 is 11.6 Å². The predicted octanol–water partition coefficient (Wildman–Crippen LogP) is 7.76. The molecule has 1 saturated heterocycles. The summed E-state index contributed by atoms with van der Waals surface area (Å²) in [5, 5.41) is 21.0. The van der Waals surface area contributed by atoms with Gasteiger partial charge in [-0.3, -0.25) is 34.2 Å². The van der Waals surface area contributed by atoms with Gasteiger partial charge in [0.25, 0.3) is 5.91 Å². The maximum Gasteiger partial charge on any atom is 0.255 e. The number of hydrogen-bond acceptors (Lipinski definition) is 11. The van der Waals surface area contributed by atoms with E-state index in [9.17, 15) is 28.0 Å². The summed E-state index contributed by atoms with van der Waals surface area (Å²) in [6, 6.07) is 21.0. The van der Waals surface area contributed by atoms with Crippen molar-refractivity contribution in [2.24, 2.45) is 4.99 Å². The van der Waals surface area contributed by atoms with E-state index >= 15 is 0 Å². The van der Waals surface area contributed by atoms with Crippen LogP contribution < -0.4 is 21.3 Å². The summed E-state index contributed by atoms with van der Waals surface area (Å²) in [4.78, 5) is 64.9. The van der Waals surface area contributed by atoms with Crippen molar-refractivity contribution in [1.29, 1.82) is 0 Å². The lowest BCUT2D eigenvalue weighted by Crippen LogP contribution is -2.52. The Morgan fingerprint density at radius 1 is 0.851 bits per heavy atom. The Labute approximate surface area is 389 Å². The molecule has 2 aromatic heterocycles. The van der Waals surface area contributed by atoms with Gasteiger partial charge in [0.15, 0.2) is 0 Å². The molecule has 1 fully saturated rings. The van der Waals surface area contributed by atoms with Crippen LogP contribution in [0.2, 0.25) is 5.02 Å². The maximum absolute atomic E-state index is 14.9. The third-order valence-electron chi connectivity index (χ3n) is 12.0. The molecule has 0 spiro atoms. The molecule has 3 aliphatic heterocycles. The Hall–Kier alpha value is -7.24. The number of carbonyl (C=O) groups excluding carboxylic acids is 4. The number of rotatable bonds is 17. The second kappa shape index (κ2) is 20.1. The lowest BCUT2D eigenvalue weighted by Gasteiger charge is -2.29. The molecule has 3 aliphatic rings. The highest BCUT2D eigenvalue weighted by molar-refractivity contribution is 6.31. The molecule has 18 heteroatoms. The molecule has 342 valence electrons. The summed E-state index contributed by atoms with van der Waals surface area (Å²) in [5.41, 5.74) is 6.56. The average molecular weight is 926 g/mol. The highest BCUT2D eigenvalue weighted by Gasteiger charge is 2.39. The highest BCUT2D eigenvalue weighted by Crippen LogP contribution is 2.35. The fraction of sp³-hybridized carbons (Fsp3) is 0.286. The number of amides is 4. The number of halogens is 3. The van der Waals surface area contributed by atoms with E-state index in [2.05, 4.69) is 41.6 Å². The molecule has 0 aliphatic carbocycles. The fourth-order valence-electron chi connectivity index (χ4n) is 8.58. The molecule has 67 heavy (non-hydrogen) atoms. The summed E-state index contributed by atoms with van der Waals surface area (Å²) < 4.78 is 31.7. The number of hydrogen-bond donors (Lipinski definition) is 4. The van der Waals surface area contributed by atoms with Gasteiger partial charge < -0.3 is 20.9 Å². The molecule has 1 unspecified atom stereocenters.